The highest BCUT2D eigenvalue weighted by atomic mass is 16.7. The molecule has 0 saturated carbocycles. The molecule has 0 aromatic rings. The molecule has 0 aliphatic carbocycles. The zero-order chi connectivity index (χ0) is 11.6. The van der Waals surface area contributed by atoms with Gasteiger partial charge in [-0.25, -0.2) is 0 Å². The third-order valence-electron chi connectivity index (χ3n) is 2.03. The fourth-order valence-electron chi connectivity index (χ4n) is 1.48. The molecule has 1 N–H and O–H groups in total. The summed E-state index contributed by atoms with van der Waals surface area (Å²) in [5, 5.41) is 9.40. The maximum absolute atomic E-state index is 10.8. The van der Waals surface area contributed by atoms with Crippen LogP contribution < -0.4 is 0 Å². The van der Waals surface area contributed by atoms with Crippen LogP contribution in [0.15, 0.2) is 0 Å². The summed E-state index contributed by atoms with van der Waals surface area (Å²) in [5.41, 5.74) is 0. The van der Waals surface area contributed by atoms with E-state index in [0.29, 0.717) is 0 Å². The largest absolute Gasteiger partial charge is 0.456 e. The molecule has 6 heteroatoms. The molecule has 86 valence electrons. The Bertz CT molecular complexity index is 237. The van der Waals surface area contributed by atoms with Crippen molar-refractivity contribution in [3.8, 4) is 0 Å². The second-order valence-electron chi connectivity index (χ2n) is 3.38. The van der Waals surface area contributed by atoms with Crippen LogP contribution in [0.3, 0.4) is 0 Å². The molecule has 15 heavy (non-hydrogen) atoms. The van der Waals surface area contributed by atoms with E-state index in [0.717, 1.165) is 0 Å². The number of ether oxygens (including phenoxy) is 3. The summed E-state index contributed by atoms with van der Waals surface area (Å²) < 4.78 is 14.7. The first-order chi connectivity index (χ1) is 6.91. The molecule has 0 bridgehead atoms. The van der Waals surface area contributed by atoms with Gasteiger partial charge in [-0.05, 0) is 6.92 Å². The van der Waals surface area contributed by atoms with Gasteiger partial charge in [-0.1, -0.05) is 0 Å². The summed E-state index contributed by atoms with van der Waals surface area (Å²) in [6, 6.07) is 0. The lowest BCUT2D eigenvalue weighted by atomic mass is 10.1. The summed E-state index contributed by atoms with van der Waals surface area (Å²) >= 11 is 0. The maximum Gasteiger partial charge on any atom is 0.303 e. The van der Waals surface area contributed by atoms with E-state index in [1.165, 1.54) is 13.8 Å². The van der Waals surface area contributed by atoms with Crippen molar-refractivity contribution in [3.05, 3.63) is 0 Å². The fourth-order valence-corrected chi connectivity index (χ4v) is 1.48. The Morgan fingerprint density at radius 1 is 1.13 bits per heavy atom. The molecule has 1 fully saturated rings. The van der Waals surface area contributed by atoms with Crippen LogP contribution in [0.25, 0.3) is 0 Å². The monoisotopic (exact) mass is 218 g/mol. The first kappa shape index (κ1) is 11.9. The van der Waals surface area contributed by atoms with Gasteiger partial charge in [-0.15, -0.1) is 0 Å². The summed E-state index contributed by atoms with van der Waals surface area (Å²) in [5.74, 6) is -1.07. The van der Waals surface area contributed by atoms with Gasteiger partial charge in [0.05, 0.1) is 6.10 Å². The zero-order valence-corrected chi connectivity index (χ0v) is 8.80. The summed E-state index contributed by atoms with van der Waals surface area (Å²) in [4.78, 5) is 21.5. The molecule has 1 aliphatic rings. The quantitative estimate of drug-likeness (QED) is 0.634. The Balaban J connectivity index is 2.70. The van der Waals surface area contributed by atoms with Gasteiger partial charge >= 0.3 is 11.9 Å². The van der Waals surface area contributed by atoms with Gasteiger partial charge in [0.15, 0.2) is 18.5 Å². The standard InChI is InChI=1S/C9H14O6/c1-4-7(14-5(2)10)8(9(12)13-4)15-6(3)11/h4,7-9,12H,1-3H3/t4-,7+,8?,9+/m1/s1. The van der Waals surface area contributed by atoms with Crippen LogP contribution in [-0.2, 0) is 23.8 Å². The highest BCUT2D eigenvalue weighted by Gasteiger charge is 2.46. The van der Waals surface area contributed by atoms with Crippen LogP contribution in [0.1, 0.15) is 20.8 Å². The molecule has 6 nitrogen and oxygen atoms in total. The van der Waals surface area contributed by atoms with Crippen LogP contribution in [0.4, 0.5) is 0 Å². The first-order valence-corrected chi connectivity index (χ1v) is 4.59. The van der Waals surface area contributed by atoms with E-state index in [2.05, 4.69) is 0 Å². The molecule has 4 atom stereocenters. The Morgan fingerprint density at radius 3 is 2.07 bits per heavy atom. The van der Waals surface area contributed by atoms with Crippen molar-refractivity contribution in [2.75, 3.05) is 0 Å². The van der Waals surface area contributed by atoms with Gasteiger partial charge in [0.2, 0.25) is 0 Å². The smallest absolute Gasteiger partial charge is 0.303 e. The molecule has 1 heterocycles. The van der Waals surface area contributed by atoms with Crippen molar-refractivity contribution in [2.45, 2.75) is 45.4 Å². The van der Waals surface area contributed by atoms with Crippen molar-refractivity contribution in [1.82, 2.24) is 0 Å². The fraction of sp³-hybridized carbons (Fsp3) is 0.778. The van der Waals surface area contributed by atoms with Gasteiger partial charge in [0, 0.05) is 13.8 Å². The van der Waals surface area contributed by atoms with Crippen LogP contribution in [-0.4, -0.2) is 41.6 Å². The van der Waals surface area contributed by atoms with E-state index >= 15 is 0 Å². The lowest BCUT2D eigenvalue weighted by Crippen LogP contribution is -2.39. The lowest BCUT2D eigenvalue weighted by molar-refractivity contribution is -0.174. The van der Waals surface area contributed by atoms with Crippen LogP contribution in [0, 0.1) is 0 Å². The van der Waals surface area contributed by atoms with Crippen molar-refractivity contribution >= 4 is 11.9 Å². The Kier molecular flexibility index (Phi) is 3.65. The summed E-state index contributed by atoms with van der Waals surface area (Å²) in [6.07, 6.45) is -3.48. The van der Waals surface area contributed by atoms with Crippen molar-refractivity contribution < 1.29 is 28.9 Å². The van der Waals surface area contributed by atoms with E-state index in [-0.39, 0.29) is 0 Å². The predicted octanol–water partition coefficient (Wildman–Crippen LogP) is -0.413. The van der Waals surface area contributed by atoms with Crippen molar-refractivity contribution in [1.29, 1.82) is 0 Å². The summed E-state index contributed by atoms with van der Waals surface area (Å²) in [6.45, 7) is 4.07. The summed E-state index contributed by atoms with van der Waals surface area (Å²) in [7, 11) is 0. The van der Waals surface area contributed by atoms with Crippen LogP contribution in [0.5, 0.6) is 0 Å². The van der Waals surface area contributed by atoms with E-state index in [4.69, 9.17) is 14.2 Å². The van der Waals surface area contributed by atoms with Gasteiger partial charge in [-0.2, -0.15) is 0 Å². The van der Waals surface area contributed by atoms with Crippen molar-refractivity contribution in [3.63, 3.8) is 0 Å². The topological polar surface area (TPSA) is 82.1 Å². The molecule has 0 aromatic heterocycles. The number of carbonyl (C=O) groups excluding carboxylic acids is 2. The first-order valence-electron chi connectivity index (χ1n) is 4.59. The number of hydrogen-bond donors (Lipinski definition) is 1. The van der Waals surface area contributed by atoms with Crippen molar-refractivity contribution in [2.24, 2.45) is 0 Å². The lowest BCUT2D eigenvalue weighted by Gasteiger charge is -2.20. The molecule has 0 amide bonds. The number of carbonyl (C=O) groups is 2. The normalized spacial score (nSPS) is 34.9. The Morgan fingerprint density at radius 2 is 1.60 bits per heavy atom. The third kappa shape index (κ3) is 2.90. The highest BCUT2D eigenvalue weighted by molar-refractivity contribution is 5.67. The minimum atomic E-state index is -1.26. The zero-order valence-electron chi connectivity index (χ0n) is 8.80. The third-order valence-corrected chi connectivity index (χ3v) is 2.03. The highest BCUT2D eigenvalue weighted by Crippen LogP contribution is 2.25. The van der Waals surface area contributed by atoms with Gasteiger partial charge in [0.25, 0.3) is 0 Å². The van der Waals surface area contributed by atoms with Crippen LogP contribution >= 0.6 is 0 Å². The molecule has 0 spiro atoms. The predicted molar refractivity (Wildman–Crippen MR) is 47.7 cm³/mol. The van der Waals surface area contributed by atoms with Gasteiger partial charge in [0.1, 0.15) is 0 Å². The number of aliphatic hydroxyl groups excluding tert-OH is 1. The maximum atomic E-state index is 10.8. The second-order valence-corrected chi connectivity index (χ2v) is 3.38. The number of hydrogen-bond acceptors (Lipinski definition) is 6. The molecular weight excluding hydrogens is 204 g/mol. The van der Waals surface area contributed by atoms with E-state index < -0.39 is 36.5 Å². The minimum absolute atomic E-state index is 0.506. The molecule has 1 saturated heterocycles. The minimum Gasteiger partial charge on any atom is -0.456 e. The Labute approximate surface area is 87.1 Å². The van der Waals surface area contributed by atoms with E-state index in [1.54, 1.807) is 6.92 Å². The average molecular weight is 218 g/mol. The average Bonchev–Trinajstić information content (AvgIpc) is 2.30. The molecule has 1 rings (SSSR count). The van der Waals surface area contributed by atoms with Gasteiger partial charge in [-0.3, -0.25) is 9.59 Å². The molecule has 0 aromatic carbocycles. The number of esters is 2. The molecule has 0 radical (unpaired) electrons. The number of rotatable bonds is 2. The SMILES string of the molecule is CC(=O)OC1[C@@H](OC(C)=O)[C@@H](C)O[C@@H]1O. The molecule has 1 unspecified atom stereocenters. The van der Waals surface area contributed by atoms with E-state index in [1.807, 2.05) is 0 Å². The number of aliphatic hydroxyl groups is 1. The Hall–Kier alpha value is -1.14. The molecular formula is C9H14O6. The van der Waals surface area contributed by atoms with E-state index in [9.17, 15) is 14.7 Å². The second kappa shape index (κ2) is 4.59. The molecule has 1 aliphatic heterocycles. The van der Waals surface area contributed by atoms with Gasteiger partial charge < -0.3 is 19.3 Å². The van der Waals surface area contributed by atoms with Crippen LogP contribution in [0.2, 0.25) is 0 Å².